The highest BCUT2D eigenvalue weighted by Crippen LogP contribution is 2.33. The zero-order valence-corrected chi connectivity index (χ0v) is 8.63. The third-order valence-electron chi connectivity index (χ3n) is 1.88. The second-order valence-electron chi connectivity index (χ2n) is 3.24. The van der Waals surface area contributed by atoms with Crippen LogP contribution in [0.1, 0.15) is 22.8 Å². The third-order valence-corrected chi connectivity index (χ3v) is 1.88. The zero-order valence-electron chi connectivity index (χ0n) is 8.63. The van der Waals surface area contributed by atoms with Gasteiger partial charge in [0.25, 0.3) is 0 Å². The highest BCUT2D eigenvalue weighted by Gasteiger charge is 2.35. The average Bonchev–Trinajstić information content (AvgIpc) is 2.14. The van der Waals surface area contributed by atoms with E-state index in [1.165, 1.54) is 0 Å². The van der Waals surface area contributed by atoms with Gasteiger partial charge in [0.05, 0.1) is 11.1 Å². The molecule has 0 spiro atoms. The van der Waals surface area contributed by atoms with Gasteiger partial charge in [0, 0.05) is 12.6 Å². The summed E-state index contributed by atoms with van der Waals surface area (Å²) in [5, 5.41) is 10.8. The van der Waals surface area contributed by atoms with Crippen LogP contribution in [0.5, 0.6) is 0 Å². The second kappa shape index (κ2) is 4.44. The molecule has 2 N–H and O–H groups in total. The standard InChI is InChI=1S/C10H8F3NO3/c1-5(15)14-6-2-3-7(9(16)17)8(4-6)10(11,12)13/h2-4H,1H3,(H,14,15)(H,16,17). The van der Waals surface area contributed by atoms with Crippen molar-refractivity contribution in [3.63, 3.8) is 0 Å². The number of hydrogen-bond donors (Lipinski definition) is 2. The van der Waals surface area contributed by atoms with E-state index in [9.17, 15) is 22.8 Å². The van der Waals surface area contributed by atoms with Crippen LogP contribution in [-0.2, 0) is 11.0 Å². The summed E-state index contributed by atoms with van der Waals surface area (Å²) >= 11 is 0. The van der Waals surface area contributed by atoms with Crippen LogP contribution in [0.15, 0.2) is 18.2 Å². The summed E-state index contributed by atoms with van der Waals surface area (Å²) in [6.07, 6.45) is -4.79. The maximum atomic E-state index is 12.6. The van der Waals surface area contributed by atoms with Crippen LogP contribution in [-0.4, -0.2) is 17.0 Å². The summed E-state index contributed by atoms with van der Waals surface area (Å²) in [6.45, 7) is 1.14. The van der Waals surface area contributed by atoms with Gasteiger partial charge in [-0.05, 0) is 18.2 Å². The monoisotopic (exact) mass is 247 g/mol. The predicted molar refractivity (Wildman–Crippen MR) is 52.7 cm³/mol. The van der Waals surface area contributed by atoms with Gasteiger partial charge in [-0.15, -0.1) is 0 Å². The minimum Gasteiger partial charge on any atom is -0.478 e. The Labute approximate surface area is 94.1 Å². The van der Waals surface area contributed by atoms with E-state index in [0.29, 0.717) is 6.07 Å². The van der Waals surface area contributed by atoms with Crippen molar-refractivity contribution in [2.75, 3.05) is 5.32 Å². The molecule has 0 aliphatic heterocycles. The van der Waals surface area contributed by atoms with E-state index in [4.69, 9.17) is 5.11 Å². The molecule has 92 valence electrons. The van der Waals surface area contributed by atoms with E-state index in [1.54, 1.807) is 0 Å². The number of benzene rings is 1. The van der Waals surface area contributed by atoms with Gasteiger partial charge in [-0.2, -0.15) is 13.2 Å². The molecule has 0 atom stereocenters. The van der Waals surface area contributed by atoms with Crippen molar-refractivity contribution < 1.29 is 27.9 Å². The fourth-order valence-corrected chi connectivity index (χ4v) is 1.25. The van der Waals surface area contributed by atoms with Gasteiger partial charge in [0.2, 0.25) is 5.91 Å². The minimum atomic E-state index is -4.79. The molecule has 1 aromatic carbocycles. The van der Waals surface area contributed by atoms with E-state index in [-0.39, 0.29) is 5.69 Å². The summed E-state index contributed by atoms with van der Waals surface area (Å²) < 4.78 is 37.7. The van der Waals surface area contributed by atoms with Gasteiger partial charge in [0.15, 0.2) is 0 Å². The topological polar surface area (TPSA) is 66.4 Å². The molecule has 7 heteroatoms. The van der Waals surface area contributed by atoms with Crippen LogP contribution in [0.4, 0.5) is 18.9 Å². The Hall–Kier alpha value is -2.05. The maximum Gasteiger partial charge on any atom is 0.417 e. The molecule has 0 bridgehead atoms. The van der Waals surface area contributed by atoms with Crippen molar-refractivity contribution in [1.29, 1.82) is 0 Å². The van der Waals surface area contributed by atoms with Crippen molar-refractivity contribution in [2.24, 2.45) is 0 Å². The number of nitrogens with one attached hydrogen (secondary N) is 1. The summed E-state index contributed by atoms with van der Waals surface area (Å²) in [4.78, 5) is 21.3. The van der Waals surface area contributed by atoms with Gasteiger partial charge in [0.1, 0.15) is 0 Å². The van der Waals surface area contributed by atoms with Crippen molar-refractivity contribution in [1.82, 2.24) is 0 Å². The highest BCUT2D eigenvalue weighted by molar-refractivity contribution is 5.92. The van der Waals surface area contributed by atoms with Gasteiger partial charge in [-0.3, -0.25) is 4.79 Å². The number of anilines is 1. The van der Waals surface area contributed by atoms with Gasteiger partial charge in [-0.1, -0.05) is 0 Å². The summed E-state index contributed by atoms with van der Waals surface area (Å²) in [6, 6.07) is 2.49. The fourth-order valence-electron chi connectivity index (χ4n) is 1.25. The molecule has 0 saturated heterocycles. The molecule has 0 fully saturated rings. The Kier molecular flexibility index (Phi) is 3.40. The Bertz CT molecular complexity index is 468. The molecule has 0 aromatic heterocycles. The number of carboxylic acids is 1. The fraction of sp³-hybridized carbons (Fsp3) is 0.200. The van der Waals surface area contributed by atoms with E-state index in [2.05, 4.69) is 5.32 Å². The molecular formula is C10H8F3NO3. The van der Waals surface area contributed by atoms with E-state index < -0.39 is 29.2 Å². The second-order valence-corrected chi connectivity index (χ2v) is 3.24. The summed E-state index contributed by atoms with van der Waals surface area (Å²) in [7, 11) is 0. The lowest BCUT2D eigenvalue weighted by Gasteiger charge is -2.12. The average molecular weight is 247 g/mol. The number of rotatable bonds is 2. The van der Waals surface area contributed by atoms with E-state index in [1.807, 2.05) is 0 Å². The zero-order chi connectivity index (χ0) is 13.2. The molecule has 1 amide bonds. The highest BCUT2D eigenvalue weighted by atomic mass is 19.4. The van der Waals surface area contributed by atoms with Crippen LogP contribution < -0.4 is 5.32 Å². The Balaban J connectivity index is 3.29. The van der Waals surface area contributed by atoms with Crippen molar-refractivity contribution in [2.45, 2.75) is 13.1 Å². The molecule has 1 rings (SSSR count). The first-order valence-corrected chi connectivity index (χ1v) is 4.44. The lowest BCUT2D eigenvalue weighted by Crippen LogP contribution is -2.14. The van der Waals surface area contributed by atoms with E-state index >= 15 is 0 Å². The third kappa shape index (κ3) is 3.20. The van der Waals surface area contributed by atoms with Gasteiger partial charge in [-0.25, -0.2) is 4.79 Å². The van der Waals surface area contributed by atoms with Crippen molar-refractivity contribution in [3.05, 3.63) is 29.3 Å². The van der Waals surface area contributed by atoms with E-state index in [0.717, 1.165) is 19.1 Å². The van der Waals surface area contributed by atoms with Gasteiger partial charge >= 0.3 is 12.1 Å². The number of carboxylic acid groups (broad SMARTS) is 1. The Morgan fingerprint density at radius 1 is 1.29 bits per heavy atom. The number of alkyl halides is 3. The van der Waals surface area contributed by atoms with Crippen LogP contribution in [0.3, 0.4) is 0 Å². The number of hydrogen-bond acceptors (Lipinski definition) is 2. The molecule has 0 aliphatic carbocycles. The van der Waals surface area contributed by atoms with Crippen LogP contribution >= 0.6 is 0 Å². The molecule has 0 aliphatic rings. The number of amides is 1. The first-order chi connectivity index (χ1) is 7.71. The molecule has 4 nitrogen and oxygen atoms in total. The molecular weight excluding hydrogens is 239 g/mol. The van der Waals surface area contributed by atoms with Crippen LogP contribution in [0.2, 0.25) is 0 Å². The lowest BCUT2D eigenvalue weighted by molar-refractivity contribution is -0.138. The molecule has 0 saturated carbocycles. The molecule has 0 radical (unpaired) electrons. The summed E-state index contributed by atoms with van der Waals surface area (Å²) in [5.41, 5.74) is -2.25. The Morgan fingerprint density at radius 3 is 2.29 bits per heavy atom. The Morgan fingerprint density at radius 2 is 1.88 bits per heavy atom. The molecule has 1 aromatic rings. The number of carbonyl (C=O) groups is 2. The number of aromatic carboxylic acids is 1. The SMILES string of the molecule is CC(=O)Nc1ccc(C(=O)O)c(C(F)(F)F)c1. The maximum absolute atomic E-state index is 12.6. The first-order valence-electron chi connectivity index (χ1n) is 4.44. The number of carbonyl (C=O) groups excluding carboxylic acids is 1. The van der Waals surface area contributed by atoms with Crippen molar-refractivity contribution in [3.8, 4) is 0 Å². The minimum absolute atomic E-state index is 0.102. The summed E-state index contributed by atoms with van der Waals surface area (Å²) in [5.74, 6) is -2.21. The normalized spacial score (nSPS) is 11.1. The van der Waals surface area contributed by atoms with Crippen LogP contribution in [0.25, 0.3) is 0 Å². The van der Waals surface area contributed by atoms with Crippen molar-refractivity contribution >= 4 is 17.6 Å². The largest absolute Gasteiger partial charge is 0.478 e. The molecule has 17 heavy (non-hydrogen) atoms. The predicted octanol–water partition coefficient (Wildman–Crippen LogP) is 2.36. The first kappa shape index (κ1) is 13.0. The van der Waals surface area contributed by atoms with Gasteiger partial charge < -0.3 is 10.4 Å². The number of halogens is 3. The molecule has 0 heterocycles. The van der Waals surface area contributed by atoms with Crippen LogP contribution in [0, 0.1) is 0 Å². The quantitative estimate of drug-likeness (QED) is 0.843. The lowest BCUT2D eigenvalue weighted by atomic mass is 10.1. The molecule has 0 unspecified atom stereocenters. The smallest absolute Gasteiger partial charge is 0.417 e.